The fourth-order valence-electron chi connectivity index (χ4n) is 5.19. The largest absolute Gasteiger partial charge is 0.472 e. The number of phosphoric acid groups is 2. The predicted molar refractivity (Wildman–Crippen MR) is 139 cm³/mol. The second kappa shape index (κ2) is 10.7. The molecule has 10 atom stereocenters. The van der Waals surface area contributed by atoms with Gasteiger partial charge < -0.3 is 35.8 Å². The standard InChI is InChI=1S/C20H23FN10O11P2/c21-9-13-8(40-19(9)30-5-28-10-15(22)24-3-26-17(10)30)2-38-44(35,36)42-14-12(32)7(1-37-43(33,34)41-13)39-20(14)31-6-29-11-16(23)25-4-27-18(11)31/h3-9,12-14,19-20,32H,1-2H2,(H,33,34)(H,35,36)(H2,22,24,26)(H2,23,25,27)/t7-,8-,9-,12-,13-,14-,19-,20-/m1/s1. The van der Waals surface area contributed by atoms with Gasteiger partial charge in [0, 0.05) is 0 Å². The van der Waals surface area contributed by atoms with Crippen LogP contribution in [0.4, 0.5) is 16.0 Å². The number of nitrogen functional groups attached to an aromatic ring is 2. The molecule has 7 N–H and O–H groups in total. The highest BCUT2D eigenvalue weighted by atomic mass is 31.2. The van der Waals surface area contributed by atoms with Crippen LogP contribution in [0.2, 0.25) is 0 Å². The number of fused-ring (bicyclic) bond motifs is 5. The summed E-state index contributed by atoms with van der Waals surface area (Å²) >= 11 is 0. The summed E-state index contributed by atoms with van der Waals surface area (Å²) in [7, 11) is -10.2. The van der Waals surface area contributed by atoms with Crippen molar-refractivity contribution in [1.82, 2.24) is 39.0 Å². The van der Waals surface area contributed by atoms with Crippen LogP contribution in [-0.2, 0) is 36.7 Å². The van der Waals surface area contributed by atoms with E-state index in [9.17, 15) is 24.0 Å². The van der Waals surface area contributed by atoms with Gasteiger partial charge in [0.1, 0.15) is 54.2 Å². The van der Waals surface area contributed by atoms with E-state index in [1.54, 1.807) is 0 Å². The van der Waals surface area contributed by atoms with Gasteiger partial charge in [-0.15, -0.1) is 0 Å². The Labute approximate surface area is 244 Å². The van der Waals surface area contributed by atoms with E-state index in [-0.39, 0.29) is 34.0 Å². The zero-order valence-electron chi connectivity index (χ0n) is 22.0. The number of nitrogens with zero attached hydrogens (tertiary/aromatic N) is 8. The van der Waals surface area contributed by atoms with Gasteiger partial charge in [-0.25, -0.2) is 43.4 Å². The van der Waals surface area contributed by atoms with Gasteiger partial charge in [-0.2, -0.15) is 0 Å². The SMILES string of the molecule is Nc1ncnc2c1ncn2[C@@H]1O[C@@H]2COP(=O)(O)O[C@@H]3[C@H](O)[C@@H](COP(=O)(O)O[C@H]2[C@H]1F)O[C@H]3n1cnc2c(N)ncnc21. The third-order valence-electron chi connectivity index (χ3n) is 7.22. The van der Waals surface area contributed by atoms with Crippen molar-refractivity contribution in [2.24, 2.45) is 0 Å². The predicted octanol–water partition coefficient (Wildman–Crippen LogP) is -0.658. The first-order valence-electron chi connectivity index (χ1n) is 12.7. The Morgan fingerprint density at radius 1 is 0.773 bits per heavy atom. The zero-order chi connectivity index (χ0) is 31.0. The lowest BCUT2D eigenvalue weighted by Gasteiger charge is -2.25. The number of aliphatic hydroxyl groups is 1. The highest BCUT2D eigenvalue weighted by Gasteiger charge is 2.54. The lowest BCUT2D eigenvalue weighted by atomic mass is 10.1. The first-order chi connectivity index (χ1) is 20.9. The van der Waals surface area contributed by atoms with Crippen molar-refractivity contribution in [3.05, 3.63) is 25.3 Å². The number of phosphoric ester groups is 2. The van der Waals surface area contributed by atoms with Crippen molar-refractivity contribution < 1.29 is 56.0 Å². The number of rotatable bonds is 2. The number of imidazole rings is 2. The topological polar surface area (TPSA) is 289 Å². The minimum absolute atomic E-state index is 0.00729. The second-order valence-corrected chi connectivity index (χ2v) is 12.7. The quantitative estimate of drug-likeness (QED) is 0.167. The Morgan fingerprint density at radius 2 is 1.27 bits per heavy atom. The van der Waals surface area contributed by atoms with Gasteiger partial charge in [-0.3, -0.25) is 27.2 Å². The number of hydrogen-bond donors (Lipinski definition) is 5. The third-order valence-corrected chi connectivity index (χ3v) is 9.19. The molecular formula is C20H23FN10O11P2. The molecule has 7 heterocycles. The summed E-state index contributed by atoms with van der Waals surface area (Å²) < 4.78 is 76.6. The average molecular weight is 660 g/mol. The van der Waals surface area contributed by atoms with Crippen LogP contribution in [0.15, 0.2) is 25.3 Å². The summed E-state index contributed by atoms with van der Waals surface area (Å²) in [6.45, 7) is -1.68. The first-order valence-corrected chi connectivity index (χ1v) is 15.7. The van der Waals surface area contributed by atoms with E-state index in [0.717, 1.165) is 23.5 Å². The smallest absolute Gasteiger partial charge is 0.387 e. The summed E-state index contributed by atoms with van der Waals surface area (Å²) in [5.41, 5.74) is 12.1. The van der Waals surface area contributed by atoms with E-state index < -0.39 is 78.0 Å². The van der Waals surface area contributed by atoms with Crippen molar-refractivity contribution in [2.75, 3.05) is 24.7 Å². The van der Waals surface area contributed by atoms with Crippen LogP contribution in [0.5, 0.6) is 0 Å². The zero-order valence-corrected chi connectivity index (χ0v) is 23.7. The molecule has 44 heavy (non-hydrogen) atoms. The number of alkyl halides is 1. The summed E-state index contributed by atoms with van der Waals surface area (Å²) in [6, 6.07) is 0. The van der Waals surface area contributed by atoms with Crippen LogP contribution in [0.1, 0.15) is 12.5 Å². The fourth-order valence-corrected chi connectivity index (χ4v) is 7.08. The lowest BCUT2D eigenvalue weighted by Crippen LogP contribution is -2.35. The summed E-state index contributed by atoms with van der Waals surface area (Å²) in [5.74, 6) is 0.0318. The number of nitrogens with two attached hydrogens (primary N) is 2. The highest BCUT2D eigenvalue weighted by molar-refractivity contribution is 7.47. The molecule has 4 aromatic heterocycles. The molecular weight excluding hydrogens is 637 g/mol. The van der Waals surface area contributed by atoms with Crippen molar-refractivity contribution in [2.45, 2.75) is 49.1 Å². The molecule has 0 amide bonds. The number of ether oxygens (including phenoxy) is 2. The Bertz CT molecular complexity index is 1830. The fraction of sp³-hybridized carbons (Fsp3) is 0.500. The molecule has 0 saturated carbocycles. The van der Waals surface area contributed by atoms with Gasteiger partial charge >= 0.3 is 15.6 Å². The average Bonchev–Trinajstić information content (AvgIpc) is 3.73. The summed E-state index contributed by atoms with van der Waals surface area (Å²) in [6.07, 6.45) is -8.72. The van der Waals surface area contributed by atoms with E-state index in [2.05, 4.69) is 29.9 Å². The van der Waals surface area contributed by atoms with Crippen LogP contribution >= 0.6 is 15.6 Å². The van der Waals surface area contributed by atoms with E-state index in [1.807, 2.05) is 0 Å². The maximum absolute atomic E-state index is 15.9. The molecule has 2 unspecified atom stereocenters. The molecule has 3 fully saturated rings. The first kappa shape index (κ1) is 29.4. The lowest BCUT2D eigenvalue weighted by molar-refractivity contribution is -0.0671. The van der Waals surface area contributed by atoms with E-state index >= 15 is 4.39 Å². The number of aliphatic hydroxyl groups excluding tert-OH is 1. The molecule has 4 aromatic rings. The Hall–Kier alpha value is -3.27. The molecule has 2 bridgehead atoms. The molecule has 0 aliphatic carbocycles. The minimum atomic E-state index is -5.10. The highest BCUT2D eigenvalue weighted by Crippen LogP contribution is 2.54. The van der Waals surface area contributed by atoms with Gasteiger partial charge in [-0.05, 0) is 0 Å². The Balaban J connectivity index is 1.20. The number of anilines is 2. The van der Waals surface area contributed by atoms with Gasteiger partial charge in [0.05, 0.1) is 25.9 Å². The molecule has 3 aliphatic rings. The molecule has 0 radical (unpaired) electrons. The maximum atomic E-state index is 15.9. The van der Waals surface area contributed by atoms with Gasteiger partial charge in [0.25, 0.3) is 0 Å². The molecule has 236 valence electrons. The number of hydrogen-bond acceptors (Lipinski definition) is 17. The molecule has 24 heteroatoms. The number of halogens is 1. The summed E-state index contributed by atoms with van der Waals surface area (Å²) in [5, 5.41) is 11.0. The summed E-state index contributed by atoms with van der Waals surface area (Å²) in [4.78, 5) is 45.1. The molecule has 7 rings (SSSR count). The van der Waals surface area contributed by atoms with Crippen molar-refractivity contribution in [3.8, 4) is 0 Å². The van der Waals surface area contributed by atoms with E-state index in [4.69, 9.17) is 39.0 Å². The number of aromatic nitrogens is 8. The molecule has 3 saturated heterocycles. The molecule has 3 aliphatic heterocycles. The van der Waals surface area contributed by atoms with Crippen LogP contribution in [0.3, 0.4) is 0 Å². The minimum Gasteiger partial charge on any atom is -0.387 e. The molecule has 0 spiro atoms. The van der Waals surface area contributed by atoms with E-state index in [1.165, 1.54) is 10.9 Å². The van der Waals surface area contributed by atoms with Gasteiger partial charge in [-0.1, -0.05) is 0 Å². The monoisotopic (exact) mass is 660 g/mol. The van der Waals surface area contributed by atoms with Crippen LogP contribution < -0.4 is 11.5 Å². The van der Waals surface area contributed by atoms with Crippen molar-refractivity contribution >= 4 is 49.6 Å². The Morgan fingerprint density at radius 3 is 1.86 bits per heavy atom. The maximum Gasteiger partial charge on any atom is 0.472 e. The second-order valence-electron chi connectivity index (χ2n) is 9.90. The van der Waals surface area contributed by atoms with Gasteiger partial charge in [0.15, 0.2) is 41.6 Å². The van der Waals surface area contributed by atoms with Gasteiger partial charge in [0.2, 0.25) is 0 Å². The van der Waals surface area contributed by atoms with E-state index in [0.29, 0.717) is 0 Å². The Kier molecular flexibility index (Phi) is 7.14. The molecule has 0 aromatic carbocycles. The van der Waals surface area contributed by atoms with Crippen molar-refractivity contribution in [3.63, 3.8) is 0 Å². The van der Waals surface area contributed by atoms with Crippen molar-refractivity contribution in [1.29, 1.82) is 0 Å². The van der Waals surface area contributed by atoms with Crippen LogP contribution in [0.25, 0.3) is 22.3 Å². The normalized spacial score (nSPS) is 38.3. The van der Waals surface area contributed by atoms with Crippen LogP contribution in [-0.4, -0.2) is 104 Å². The third kappa shape index (κ3) is 5.03. The molecule has 21 nitrogen and oxygen atoms in total. The van der Waals surface area contributed by atoms with Crippen LogP contribution in [0, 0.1) is 0 Å².